The van der Waals surface area contributed by atoms with Crippen LogP contribution >= 0.6 is 61.1 Å². The molecule has 0 radical (unpaired) electrons. The number of carbonyl (C=O) groups excluding carboxylic acids is 1. The maximum Gasteiger partial charge on any atom is 1.00 e. The van der Waals surface area contributed by atoms with Gasteiger partial charge in [-0.25, -0.2) is 0 Å². The van der Waals surface area contributed by atoms with Crippen molar-refractivity contribution in [2.75, 3.05) is 31.8 Å². The number of hydrogen-bond acceptors (Lipinski definition) is 9. The molecular weight excluding hydrogens is 1020 g/mol. The monoisotopic (exact) mass is 1050 g/mol. The number of rotatable bonds is 8. The van der Waals surface area contributed by atoms with E-state index in [0.29, 0.717) is 6.61 Å². The Kier molecular flexibility index (Phi) is 36.1. The van der Waals surface area contributed by atoms with Crippen LogP contribution in [0.25, 0.3) is 0 Å². The van der Waals surface area contributed by atoms with Crippen molar-refractivity contribution in [2.45, 2.75) is 57.6 Å². The Hall–Kier alpha value is 3.73. The molecule has 0 spiro atoms. The van der Waals surface area contributed by atoms with Crippen LogP contribution in [-0.2, 0) is 35.2 Å². The molecule has 2 atom stereocenters. The maximum atomic E-state index is 8.64. The van der Waals surface area contributed by atoms with Crippen molar-refractivity contribution in [1.82, 2.24) is 20.0 Å². The zero-order chi connectivity index (χ0) is 25.6. The Labute approximate surface area is 373 Å². The molecule has 4 rings (SSSR count). The standard InChI is InChI=1S/C10H15IN2O2.C7H13BrO2.C3H3IN2.CH2O3.2Cs.H/c11-9-7-12-13(8-9)4-6-15-10-3-1-2-5-14-10;8-4-6-10-7-3-1-2-5-9-7;4-3-1-5-6-2-3;2-1-4-3;;;/h7-8,10H,1-6H2;7H,1-6H2;1-2H,(H,5,6);1,3H;;;/q;;;;2*+1;-1/p-1. The number of ether oxygens (including phenoxy) is 4. The summed E-state index contributed by atoms with van der Waals surface area (Å²) in [6.45, 7) is 3.74. The number of nitrogens with one attached hydrogen (secondary N) is 1. The van der Waals surface area contributed by atoms with Crippen LogP contribution in [0.4, 0.5) is 0 Å². The molecular formula is C21H33BrCs2I2N4O7. The molecule has 1 N–H and O–H groups in total. The molecule has 2 aliphatic heterocycles. The molecule has 2 unspecified atom stereocenters. The first-order valence-electron chi connectivity index (χ1n) is 11.2. The molecule has 2 aromatic heterocycles. The second-order valence-corrected chi connectivity index (χ2v) is 10.3. The summed E-state index contributed by atoms with van der Waals surface area (Å²) < 4.78 is 26.0. The number of halogens is 3. The minimum absolute atomic E-state index is 0. The van der Waals surface area contributed by atoms with Crippen molar-refractivity contribution in [1.29, 1.82) is 0 Å². The van der Waals surface area contributed by atoms with Crippen molar-refractivity contribution in [3.8, 4) is 0 Å². The number of carbonyl (C=O) groups is 1. The molecule has 2 aromatic rings. The fraction of sp³-hybridized carbons (Fsp3) is 0.667. The third kappa shape index (κ3) is 25.9. The van der Waals surface area contributed by atoms with Gasteiger partial charge in [-0.2, -0.15) is 10.2 Å². The van der Waals surface area contributed by atoms with Crippen LogP contribution in [-0.4, -0.2) is 70.8 Å². The minimum Gasteiger partial charge on any atom is -1.00 e. The van der Waals surface area contributed by atoms with Crippen LogP contribution < -0.4 is 143 Å². The van der Waals surface area contributed by atoms with Crippen LogP contribution in [0.1, 0.15) is 40.0 Å². The van der Waals surface area contributed by atoms with Gasteiger partial charge in [-0.3, -0.25) is 14.6 Å². The number of H-pyrrole nitrogens is 1. The quantitative estimate of drug-likeness (QED) is 0.101. The van der Waals surface area contributed by atoms with Gasteiger partial charge in [0.15, 0.2) is 12.6 Å². The van der Waals surface area contributed by atoms with E-state index in [4.69, 9.17) is 29.0 Å². The predicted molar refractivity (Wildman–Crippen MR) is 147 cm³/mol. The van der Waals surface area contributed by atoms with Crippen LogP contribution in [0, 0.1) is 7.14 Å². The summed E-state index contributed by atoms with van der Waals surface area (Å²) >= 11 is 7.72. The summed E-state index contributed by atoms with van der Waals surface area (Å²) in [7, 11) is 0. The minimum atomic E-state index is -0.181. The van der Waals surface area contributed by atoms with Crippen molar-refractivity contribution in [3.63, 3.8) is 0 Å². The Morgan fingerprint density at radius 1 is 1.08 bits per heavy atom. The molecule has 16 heteroatoms. The van der Waals surface area contributed by atoms with E-state index in [2.05, 4.69) is 81.3 Å². The molecule has 0 aliphatic carbocycles. The predicted octanol–water partition coefficient (Wildman–Crippen LogP) is -2.48. The van der Waals surface area contributed by atoms with E-state index in [0.717, 1.165) is 58.1 Å². The Morgan fingerprint density at radius 2 is 1.68 bits per heavy atom. The summed E-state index contributed by atoms with van der Waals surface area (Å²) in [5.74, 6) is 0. The first kappa shape index (κ1) is 42.9. The molecule has 0 aromatic carbocycles. The molecule has 2 aliphatic rings. The van der Waals surface area contributed by atoms with E-state index in [1.54, 1.807) is 6.20 Å². The van der Waals surface area contributed by atoms with Gasteiger partial charge in [-0.1, -0.05) is 15.9 Å². The smallest absolute Gasteiger partial charge is 1.00 e. The molecule has 0 bridgehead atoms. The van der Waals surface area contributed by atoms with E-state index in [9.17, 15) is 0 Å². The van der Waals surface area contributed by atoms with E-state index in [1.165, 1.54) is 19.3 Å². The summed E-state index contributed by atoms with van der Waals surface area (Å²) in [5, 5.41) is 19.9. The van der Waals surface area contributed by atoms with Gasteiger partial charge >= 0.3 is 138 Å². The summed E-state index contributed by atoms with van der Waals surface area (Å²) in [5.41, 5.74) is 0. The normalized spacial score (nSPS) is 18.1. The SMILES string of the molecule is BrCCOC1CCCCO1.Ic1cn[nH]c1.Ic1cnn(CCOC2CCCCO2)c1.O=CO[O-].[Cs+].[Cs+].[H-]. The molecule has 11 nitrogen and oxygen atoms in total. The van der Waals surface area contributed by atoms with E-state index >= 15 is 0 Å². The second kappa shape index (κ2) is 31.2. The van der Waals surface area contributed by atoms with Gasteiger partial charge in [0.25, 0.3) is 6.47 Å². The van der Waals surface area contributed by atoms with Crippen molar-refractivity contribution in [2.24, 2.45) is 0 Å². The van der Waals surface area contributed by atoms with Gasteiger partial charge < -0.3 is 30.5 Å². The van der Waals surface area contributed by atoms with Crippen LogP contribution in [0.5, 0.6) is 0 Å². The largest absolute Gasteiger partial charge is 1.00 e. The topological polar surface area (TPSA) is 133 Å². The third-order valence-electron chi connectivity index (χ3n) is 4.39. The van der Waals surface area contributed by atoms with E-state index in [1.807, 2.05) is 23.3 Å². The fourth-order valence-corrected chi connectivity index (χ4v) is 3.75. The molecule has 2 fully saturated rings. The summed E-state index contributed by atoms with van der Waals surface area (Å²) in [4.78, 5) is 11.2. The van der Waals surface area contributed by atoms with Gasteiger partial charge in [0.05, 0.1) is 39.3 Å². The van der Waals surface area contributed by atoms with Crippen LogP contribution in [0.2, 0.25) is 0 Å². The molecule has 37 heavy (non-hydrogen) atoms. The van der Waals surface area contributed by atoms with Crippen molar-refractivity contribution >= 4 is 67.6 Å². The summed E-state index contributed by atoms with van der Waals surface area (Å²) in [6.07, 6.45) is 14.4. The zero-order valence-electron chi connectivity index (χ0n) is 22.4. The molecule has 2 saturated heterocycles. The number of aromatic amines is 1. The van der Waals surface area contributed by atoms with Crippen LogP contribution in [0.15, 0.2) is 24.8 Å². The number of nitrogens with zero attached hydrogens (tertiary/aromatic N) is 3. The van der Waals surface area contributed by atoms with Gasteiger partial charge in [0.2, 0.25) is 0 Å². The molecule has 202 valence electrons. The average molecular weight is 1050 g/mol. The average Bonchev–Trinajstić information content (AvgIpc) is 3.55. The molecule has 0 saturated carbocycles. The number of alkyl halides is 1. The maximum absolute atomic E-state index is 8.64. The number of aromatic nitrogens is 4. The van der Waals surface area contributed by atoms with Crippen molar-refractivity contribution in [3.05, 3.63) is 31.9 Å². The third-order valence-corrected chi connectivity index (χ3v) is 5.86. The first-order valence-corrected chi connectivity index (χ1v) is 14.4. The van der Waals surface area contributed by atoms with Gasteiger partial charge in [-0.05, 0) is 83.7 Å². The fourth-order valence-electron chi connectivity index (χ4n) is 2.83. The number of hydrogen-bond donors (Lipinski definition) is 1. The zero-order valence-corrected chi connectivity index (χ0v) is 39.8. The Balaban J connectivity index is -0.000000465. The molecule has 0 amide bonds. The van der Waals surface area contributed by atoms with Gasteiger partial charge in [-0.15, -0.1) is 0 Å². The molecule has 4 heterocycles. The Bertz CT molecular complexity index is 749. The first-order chi connectivity index (χ1) is 17.1. The van der Waals surface area contributed by atoms with Gasteiger partial charge in [0, 0.05) is 30.9 Å². The van der Waals surface area contributed by atoms with Crippen molar-refractivity contribution < 1.29 is 173 Å². The second-order valence-electron chi connectivity index (χ2n) is 7.05. The Morgan fingerprint density at radius 3 is 2.03 bits per heavy atom. The summed E-state index contributed by atoms with van der Waals surface area (Å²) in [6, 6.07) is 0. The van der Waals surface area contributed by atoms with E-state index < -0.39 is 0 Å². The van der Waals surface area contributed by atoms with Crippen LogP contribution in [0.3, 0.4) is 0 Å². The van der Waals surface area contributed by atoms with E-state index in [-0.39, 0.29) is 158 Å². The van der Waals surface area contributed by atoms with Gasteiger partial charge in [0.1, 0.15) is 0 Å².